The van der Waals surface area contributed by atoms with E-state index in [1.807, 2.05) is 0 Å². The van der Waals surface area contributed by atoms with Gasteiger partial charge < -0.3 is 0 Å². The Labute approximate surface area is 154 Å². The van der Waals surface area contributed by atoms with Crippen LogP contribution in [0.4, 0.5) is 17.6 Å². The Balaban J connectivity index is 2.48. The van der Waals surface area contributed by atoms with Gasteiger partial charge in [-0.2, -0.15) is 5.10 Å². The molecule has 1 aromatic carbocycles. The van der Waals surface area contributed by atoms with Crippen molar-refractivity contribution >= 4 is 23.2 Å². The molecular formula is C16H9Cl2F4N3O. The third-order valence-electron chi connectivity index (χ3n) is 3.57. The molecule has 0 aliphatic rings. The van der Waals surface area contributed by atoms with Gasteiger partial charge in [0.25, 0.3) is 12.0 Å². The number of rotatable bonds is 4. The van der Waals surface area contributed by atoms with Gasteiger partial charge in [0.05, 0.1) is 29.7 Å². The molecule has 26 heavy (non-hydrogen) atoms. The largest absolute Gasteiger partial charge is 0.299 e. The summed E-state index contributed by atoms with van der Waals surface area (Å²) in [5.41, 5.74) is -2.24. The molecule has 0 spiro atoms. The van der Waals surface area contributed by atoms with Gasteiger partial charge in [-0.15, -0.1) is 0 Å². The zero-order valence-electron chi connectivity index (χ0n) is 12.8. The van der Waals surface area contributed by atoms with Gasteiger partial charge in [-0.3, -0.25) is 9.36 Å². The van der Waals surface area contributed by atoms with Gasteiger partial charge in [0.15, 0.2) is 0 Å². The van der Waals surface area contributed by atoms with Crippen molar-refractivity contribution in [3.05, 3.63) is 68.7 Å². The van der Waals surface area contributed by atoms with Crippen molar-refractivity contribution < 1.29 is 17.6 Å². The SMILES string of the molecule is O=c1c(Cl)cc(-n2nccc2Cl)c(-c2c(F)cccc2F)n1CC(F)F. The summed E-state index contributed by atoms with van der Waals surface area (Å²) in [5.74, 6) is -2.08. The summed E-state index contributed by atoms with van der Waals surface area (Å²) in [4.78, 5) is 12.3. The number of aromatic nitrogens is 3. The molecule has 10 heteroatoms. The number of alkyl halides is 2. The third kappa shape index (κ3) is 3.22. The van der Waals surface area contributed by atoms with Crippen LogP contribution < -0.4 is 5.56 Å². The molecule has 0 aliphatic heterocycles. The highest BCUT2D eigenvalue weighted by Crippen LogP contribution is 2.33. The molecule has 3 rings (SSSR count). The molecule has 136 valence electrons. The summed E-state index contributed by atoms with van der Waals surface area (Å²) in [6.45, 7) is -1.12. The summed E-state index contributed by atoms with van der Waals surface area (Å²) in [5, 5.41) is 3.51. The smallest absolute Gasteiger partial charge is 0.270 e. The lowest BCUT2D eigenvalue weighted by Gasteiger charge is -2.19. The lowest BCUT2D eigenvalue weighted by molar-refractivity contribution is 0.126. The Hall–Kier alpha value is -2.32. The number of nitrogens with zero attached hydrogens (tertiary/aromatic N) is 3. The minimum Gasteiger partial charge on any atom is -0.299 e. The Morgan fingerprint density at radius 2 is 1.77 bits per heavy atom. The molecule has 0 atom stereocenters. The molecule has 0 N–H and O–H groups in total. The monoisotopic (exact) mass is 405 g/mol. The van der Waals surface area contributed by atoms with Crippen molar-refractivity contribution in [1.29, 1.82) is 0 Å². The maximum absolute atomic E-state index is 14.4. The van der Waals surface area contributed by atoms with E-state index in [0.717, 1.165) is 28.9 Å². The highest BCUT2D eigenvalue weighted by Gasteiger charge is 2.25. The van der Waals surface area contributed by atoms with Crippen LogP contribution >= 0.6 is 23.2 Å². The molecule has 2 aromatic heterocycles. The lowest BCUT2D eigenvalue weighted by atomic mass is 10.1. The Morgan fingerprint density at radius 1 is 1.12 bits per heavy atom. The Bertz CT molecular complexity index is 1010. The fraction of sp³-hybridized carbons (Fsp3) is 0.125. The van der Waals surface area contributed by atoms with Crippen LogP contribution in [0.25, 0.3) is 16.9 Å². The van der Waals surface area contributed by atoms with Crippen LogP contribution in [0.15, 0.2) is 41.3 Å². The van der Waals surface area contributed by atoms with E-state index in [4.69, 9.17) is 23.2 Å². The average molecular weight is 406 g/mol. The van der Waals surface area contributed by atoms with Crippen LogP contribution in [0.1, 0.15) is 0 Å². The first-order valence-corrected chi connectivity index (χ1v) is 7.92. The fourth-order valence-corrected chi connectivity index (χ4v) is 2.94. The van der Waals surface area contributed by atoms with Crippen LogP contribution in [-0.4, -0.2) is 20.8 Å². The predicted molar refractivity (Wildman–Crippen MR) is 89.2 cm³/mol. The molecule has 0 saturated carbocycles. The first-order valence-electron chi connectivity index (χ1n) is 7.17. The van der Waals surface area contributed by atoms with E-state index < -0.39 is 46.4 Å². The van der Waals surface area contributed by atoms with Crippen molar-refractivity contribution in [1.82, 2.24) is 14.3 Å². The summed E-state index contributed by atoms with van der Waals surface area (Å²) >= 11 is 11.9. The number of halogens is 6. The van der Waals surface area contributed by atoms with Gasteiger partial charge in [-0.1, -0.05) is 29.3 Å². The second-order valence-corrected chi connectivity index (χ2v) is 5.99. The van der Waals surface area contributed by atoms with Gasteiger partial charge in [0.1, 0.15) is 21.8 Å². The maximum Gasteiger partial charge on any atom is 0.270 e. The quantitative estimate of drug-likeness (QED) is 0.597. The lowest BCUT2D eigenvalue weighted by Crippen LogP contribution is -2.27. The molecule has 0 bridgehead atoms. The Morgan fingerprint density at radius 3 is 2.31 bits per heavy atom. The molecular weight excluding hydrogens is 397 g/mol. The molecule has 0 saturated heterocycles. The minimum absolute atomic E-state index is 0.0290. The minimum atomic E-state index is -2.97. The van der Waals surface area contributed by atoms with Crippen molar-refractivity contribution in [3.63, 3.8) is 0 Å². The molecule has 0 fully saturated rings. The van der Waals surface area contributed by atoms with Crippen molar-refractivity contribution in [2.24, 2.45) is 0 Å². The van der Waals surface area contributed by atoms with E-state index in [-0.39, 0.29) is 10.8 Å². The van der Waals surface area contributed by atoms with Gasteiger partial charge in [0.2, 0.25) is 0 Å². The van der Waals surface area contributed by atoms with Crippen molar-refractivity contribution in [3.8, 4) is 16.9 Å². The van der Waals surface area contributed by atoms with E-state index in [2.05, 4.69) is 5.10 Å². The first kappa shape index (κ1) is 18.5. The van der Waals surface area contributed by atoms with Crippen LogP contribution in [0.3, 0.4) is 0 Å². The van der Waals surface area contributed by atoms with E-state index in [9.17, 15) is 22.4 Å². The van der Waals surface area contributed by atoms with Crippen LogP contribution in [-0.2, 0) is 6.54 Å². The molecule has 0 radical (unpaired) electrons. The van der Waals surface area contributed by atoms with Gasteiger partial charge >= 0.3 is 0 Å². The van der Waals surface area contributed by atoms with E-state index >= 15 is 0 Å². The molecule has 3 aromatic rings. The topological polar surface area (TPSA) is 39.8 Å². The van der Waals surface area contributed by atoms with Crippen LogP contribution in [0, 0.1) is 11.6 Å². The number of hydrogen-bond donors (Lipinski definition) is 0. The van der Waals surface area contributed by atoms with Crippen molar-refractivity contribution in [2.75, 3.05) is 0 Å². The highest BCUT2D eigenvalue weighted by molar-refractivity contribution is 6.31. The first-order chi connectivity index (χ1) is 12.3. The average Bonchev–Trinajstić information content (AvgIpc) is 2.99. The maximum atomic E-state index is 14.4. The van der Waals surface area contributed by atoms with Gasteiger partial charge in [0, 0.05) is 0 Å². The zero-order valence-corrected chi connectivity index (χ0v) is 14.3. The van der Waals surface area contributed by atoms with E-state index in [1.165, 1.54) is 12.3 Å². The molecule has 4 nitrogen and oxygen atoms in total. The number of hydrogen-bond acceptors (Lipinski definition) is 2. The molecule has 0 amide bonds. The standard InChI is InChI=1S/C16H9Cl2F4N3O/c17-8-6-11(25-12(18)4-5-23-25)15(24(16(8)26)7-13(21)22)14-9(19)2-1-3-10(14)20/h1-6,13H,7H2. The summed E-state index contributed by atoms with van der Waals surface area (Å²) in [6, 6.07) is 5.45. The second-order valence-electron chi connectivity index (χ2n) is 5.20. The zero-order chi connectivity index (χ0) is 19.0. The third-order valence-corrected chi connectivity index (χ3v) is 4.13. The summed E-state index contributed by atoms with van der Waals surface area (Å²) in [6.07, 6.45) is -1.68. The van der Waals surface area contributed by atoms with Crippen molar-refractivity contribution in [2.45, 2.75) is 13.0 Å². The van der Waals surface area contributed by atoms with Gasteiger partial charge in [-0.25, -0.2) is 22.2 Å². The predicted octanol–water partition coefficient (Wildman–Crippen LogP) is 4.55. The molecule has 0 aliphatic carbocycles. The summed E-state index contributed by atoms with van der Waals surface area (Å²) in [7, 11) is 0. The normalized spacial score (nSPS) is 11.3. The fourth-order valence-electron chi connectivity index (χ4n) is 2.54. The number of benzene rings is 1. The molecule has 0 unspecified atom stereocenters. The molecule has 2 heterocycles. The highest BCUT2D eigenvalue weighted by atomic mass is 35.5. The van der Waals surface area contributed by atoms with Crippen LogP contribution in [0.5, 0.6) is 0 Å². The van der Waals surface area contributed by atoms with E-state index in [0.29, 0.717) is 4.57 Å². The van der Waals surface area contributed by atoms with E-state index in [1.54, 1.807) is 0 Å². The van der Waals surface area contributed by atoms with Gasteiger partial charge in [-0.05, 0) is 24.3 Å². The number of pyridine rings is 1. The van der Waals surface area contributed by atoms with Crippen LogP contribution in [0.2, 0.25) is 10.2 Å². The Kier molecular flexibility index (Phi) is 5.06. The summed E-state index contributed by atoms with van der Waals surface area (Å²) < 4.78 is 56.4. The second kappa shape index (κ2) is 7.13.